The van der Waals surface area contributed by atoms with Crippen molar-refractivity contribution in [3.8, 4) is 0 Å². The van der Waals surface area contributed by atoms with E-state index in [0.717, 1.165) is 27.8 Å². The Balaban J connectivity index is 1.55. The molecule has 9 heteroatoms. The van der Waals surface area contributed by atoms with Gasteiger partial charge in [0.25, 0.3) is 5.91 Å². The molecular formula is C25H23N3O5S. The number of carbonyl (C=O) groups is 3. The quantitative estimate of drug-likeness (QED) is 0.375. The van der Waals surface area contributed by atoms with Crippen molar-refractivity contribution in [3.05, 3.63) is 82.5 Å². The van der Waals surface area contributed by atoms with Crippen LogP contribution in [0.15, 0.2) is 60.8 Å². The highest BCUT2D eigenvalue weighted by Crippen LogP contribution is 2.28. The van der Waals surface area contributed by atoms with E-state index in [0.29, 0.717) is 21.3 Å². The van der Waals surface area contributed by atoms with Gasteiger partial charge in [-0.3, -0.25) is 9.69 Å². The number of esters is 2. The number of para-hydroxylation sites is 1. The number of hydrogen-bond donors (Lipinski definition) is 1. The fourth-order valence-electron chi connectivity index (χ4n) is 3.44. The molecule has 2 heterocycles. The Bertz CT molecular complexity index is 1330. The highest BCUT2D eigenvalue weighted by atomic mass is 32.1. The zero-order valence-corrected chi connectivity index (χ0v) is 19.6. The number of fused-ring (bicyclic) bond motifs is 1. The number of thiazole rings is 1. The molecule has 0 aliphatic heterocycles. The molecule has 1 amide bonds. The zero-order valence-electron chi connectivity index (χ0n) is 18.7. The van der Waals surface area contributed by atoms with Crippen LogP contribution in [0.4, 0.5) is 5.13 Å². The Morgan fingerprint density at radius 2 is 1.74 bits per heavy atom. The lowest BCUT2D eigenvalue weighted by Gasteiger charge is -2.20. The average molecular weight is 478 g/mol. The van der Waals surface area contributed by atoms with Crippen LogP contribution >= 0.6 is 11.3 Å². The molecule has 0 unspecified atom stereocenters. The van der Waals surface area contributed by atoms with Crippen LogP contribution < -0.4 is 4.90 Å². The summed E-state index contributed by atoms with van der Waals surface area (Å²) in [4.78, 5) is 47.3. The summed E-state index contributed by atoms with van der Waals surface area (Å²) >= 11 is 1.07. The number of nitrogens with zero attached hydrogens (tertiary/aromatic N) is 2. The predicted molar refractivity (Wildman–Crippen MR) is 129 cm³/mol. The molecule has 0 spiro atoms. The van der Waals surface area contributed by atoms with E-state index in [4.69, 9.17) is 9.47 Å². The molecule has 0 saturated carbocycles. The molecule has 0 fully saturated rings. The molecule has 2 aromatic carbocycles. The van der Waals surface area contributed by atoms with E-state index < -0.39 is 24.5 Å². The van der Waals surface area contributed by atoms with Crippen molar-refractivity contribution in [1.82, 2.24) is 9.97 Å². The van der Waals surface area contributed by atoms with E-state index in [9.17, 15) is 14.4 Å². The Kier molecular flexibility index (Phi) is 7.03. The summed E-state index contributed by atoms with van der Waals surface area (Å²) in [6.45, 7) is 3.39. The van der Waals surface area contributed by atoms with Crippen molar-refractivity contribution >= 4 is 45.2 Å². The summed E-state index contributed by atoms with van der Waals surface area (Å²) in [5.74, 6) is -1.55. The summed E-state index contributed by atoms with van der Waals surface area (Å²) in [7, 11) is 0. The molecule has 1 N–H and O–H groups in total. The topological polar surface area (TPSA) is 102 Å². The third-order valence-corrected chi connectivity index (χ3v) is 6.26. The fraction of sp³-hybridized carbons (Fsp3) is 0.200. The van der Waals surface area contributed by atoms with Crippen molar-refractivity contribution in [2.45, 2.75) is 20.4 Å². The number of amides is 1. The predicted octanol–water partition coefficient (Wildman–Crippen LogP) is 4.50. The van der Waals surface area contributed by atoms with E-state index in [-0.39, 0.29) is 13.2 Å². The van der Waals surface area contributed by atoms with Crippen molar-refractivity contribution in [2.24, 2.45) is 0 Å². The van der Waals surface area contributed by atoms with Gasteiger partial charge >= 0.3 is 11.9 Å². The largest absolute Gasteiger partial charge is 0.462 e. The van der Waals surface area contributed by atoms with Gasteiger partial charge < -0.3 is 14.5 Å². The molecule has 34 heavy (non-hydrogen) atoms. The van der Waals surface area contributed by atoms with E-state index in [2.05, 4.69) is 9.97 Å². The molecule has 0 atom stereocenters. The van der Waals surface area contributed by atoms with Gasteiger partial charge in [-0.25, -0.2) is 14.6 Å². The van der Waals surface area contributed by atoms with Gasteiger partial charge in [-0.15, -0.1) is 0 Å². The standard InChI is InChI=1S/C25H23N3O5S/c1-3-32-24(31)22-16(2)27-25(34-22)28(14-17-9-5-4-6-10-17)21(29)15-33-23(30)19-13-26-20-12-8-7-11-18(19)20/h4-13,26H,3,14-15H2,1-2H3. The molecule has 2 aromatic heterocycles. The third kappa shape index (κ3) is 4.99. The number of H-pyrrole nitrogens is 1. The molecule has 0 bridgehead atoms. The number of anilines is 1. The van der Waals surface area contributed by atoms with Crippen molar-refractivity contribution in [1.29, 1.82) is 0 Å². The number of aryl methyl sites for hydroxylation is 1. The van der Waals surface area contributed by atoms with Gasteiger partial charge in [-0.05, 0) is 25.5 Å². The van der Waals surface area contributed by atoms with Crippen molar-refractivity contribution in [2.75, 3.05) is 18.1 Å². The summed E-state index contributed by atoms with van der Waals surface area (Å²) in [6, 6.07) is 16.7. The Morgan fingerprint density at radius 1 is 1.00 bits per heavy atom. The summed E-state index contributed by atoms with van der Waals surface area (Å²) in [5, 5.41) is 1.05. The van der Waals surface area contributed by atoms with Crippen molar-refractivity contribution < 1.29 is 23.9 Å². The van der Waals surface area contributed by atoms with Crippen LogP contribution in [0.25, 0.3) is 10.9 Å². The smallest absolute Gasteiger partial charge is 0.350 e. The number of aromatic amines is 1. The van der Waals surface area contributed by atoms with Gasteiger partial charge in [0.1, 0.15) is 4.88 Å². The van der Waals surface area contributed by atoms with Gasteiger partial charge in [0, 0.05) is 17.1 Å². The van der Waals surface area contributed by atoms with Gasteiger partial charge in [0.2, 0.25) is 0 Å². The maximum atomic E-state index is 13.2. The molecule has 0 aliphatic carbocycles. The van der Waals surface area contributed by atoms with Crippen molar-refractivity contribution in [3.63, 3.8) is 0 Å². The highest BCUT2D eigenvalue weighted by molar-refractivity contribution is 7.17. The van der Waals surface area contributed by atoms with Crippen LogP contribution in [0.1, 0.15) is 38.2 Å². The van der Waals surface area contributed by atoms with Crippen LogP contribution in [0.5, 0.6) is 0 Å². The Labute approximate surface area is 200 Å². The summed E-state index contributed by atoms with van der Waals surface area (Å²) in [5.41, 5.74) is 2.49. The molecule has 8 nitrogen and oxygen atoms in total. The minimum Gasteiger partial charge on any atom is -0.462 e. The molecule has 0 radical (unpaired) electrons. The zero-order chi connectivity index (χ0) is 24.1. The number of hydrogen-bond acceptors (Lipinski definition) is 7. The van der Waals surface area contributed by atoms with Gasteiger partial charge in [0.05, 0.1) is 24.4 Å². The lowest BCUT2D eigenvalue weighted by molar-refractivity contribution is -0.121. The number of benzene rings is 2. The number of carbonyl (C=O) groups excluding carboxylic acids is 3. The number of ether oxygens (including phenoxy) is 2. The summed E-state index contributed by atoms with van der Waals surface area (Å²) < 4.78 is 10.4. The van der Waals surface area contributed by atoms with Crippen LogP contribution in [-0.2, 0) is 20.8 Å². The first kappa shape index (κ1) is 23.2. The second kappa shape index (κ2) is 10.3. The number of rotatable bonds is 8. The first-order valence-electron chi connectivity index (χ1n) is 10.7. The second-order valence-corrected chi connectivity index (χ2v) is 8.40. The minimum atomic E-state index is -0.604. The fourth-order valence-corrected chi connectivity index (χ4v) is 4.41. The van der Waals surface area contributed by atoms with Gasteiger partial charge in [-0.2, -0.15) is 0 Å². The third-order valence-electron chi connectivity index (χ3n) is 5.10. The van der Waals surface area contributed by atoms with E-state index in [1.807, 2.05) is 48.5 Å². The van der Waals surface area contributed by atoms with Crippen LogP contribution in [0.3, 0.4) is 0 Å². The lowest BCUT2D eigenvalue weighted by Crippen LogP contribution is -2.34. The highest BCUT2D eigenvalue weighted by Gasteiger charge is 2.25. The average Bonchev–Trinajstić information content (AvgIpc) is 3.45. The molecule has 0 saturated heterocycles. The first-order chi connectivity index (χ1) is 16.5. The Morgan fingerprint density at radius 3 is 2.50 bits per heavy atom. The van der Waals surface area contributed by atoms with Crippen LogP contribution in [-0.4, -0.2) is 41.0 Å². The minimum absolute atomic E-state index is 0.208. The Hall–Kier alpha value is -3.98. The van der Waals surface area contributed by atoms with Gasteiger partial charge in [-0.1, -0.05) is 59.9 Å². The molecule has 4 aromatic rings. The first-order valence-corrected chi connectivity index (χ1v) is 11.5. The molecule has 4 rings (SSSR count). The SMILES string of the molecule is CCOC(=O)c1sc(N(Cc2ccccc2)C(=O)COC(=O)c2c[nH]c3ccccc23)nc1C. The maximum Gasteiger partial charge on any atom is 0.350 e. The normalized spacial score (nSPS) is 10.8. The van der Waals surface area contributed by atoms with Crippen LogP contribution in [0, 0.1) is 6.92 Å². The van der Waals surface area contributed by atoms with Crippen LogP contribution in [0.2, 0.25) is 0 Å². The molecule has 174 valence electrons. The molecular weight excluding hydrogens is 454 g/mol. The monoisotopic (exact) mass is 477 g/mol. The van der Waals surface area contributed by atoms with E-state index in [1.165, 1.54) is 4.90 Å². The van der Waals surface area contributed by atoms with E-state index in [1.54, 1.807) is 26.1 Å². The number of nitrogens with one attached hydrogen (secondary N) is 1. The van der Waals surface area contributed by atoms with E-state index >= 15 is 0 Å². The molecule has 0 aliphatic rings. The second-order valence-electron chi connectivity index (χ2n) is 7.42. The number of aromatic nitrogens is 2. The van der Waals surface area contributed by atoms with Gasteiger partial charge in [0.15, 0.2) is 11.7 Å². The summed E-state index contributed by atoms with van der Waals surface area (Å²) in [6.07, 6.45) is 1.56. The lowest BCUT2D eigenvalue weighted by atomic mass is 10.2. The maximum absolute atomic E-state index is 13.2.